The third kappa shape index (κ3) is 3.70. The van der Waals surface area contributed by atoms with Crippen LogP contribution in [0.5, 0.6) is 5.75 Å². The molecule has 0 aromatic heterocycles. The summed E-state index contributed by atoms with van der Waals surface area (Å²) in [4.78, 5) is 14.1. The summed E-state index contributed by atoms with van der Waals surface area (Å²) >= 11 is 0. The van der Waals surface area contributed by atoms with Crippen LogP contribution in [0.25, 0.3) is 0 Å². The Morgan fingerprint density at radius 3 is 2.68 bits per heavy atom. The number of hydrogen-bond donors (Lipinski definition) is 2. The molecule has 1 saturated heterocycles. The maximum Gasteiger partial charge on any atom is 0.227 e. The molecule has 4 heteroatoms. The first kappa shape index (κ1) is 13.9. The first-order valence-corrected chi connectivity index (χ1v) is 6.98. The molecule has 0 unspecified atom stereocenters. The minimum atomic E-state index is 0.108. The fourth-order valence-electron chi connectivity index (χ4n) is 2.56. The second kappa shape index (κ2) is 6.57. The van der Waals surface area contributed by atoms with E-state index in [-0.39, 0.29) is 11.7 Å². The van der Waals surface area contributed by atoms with E-state index in [1.165, 1.54) is 0 Å². The molecular formula is C15H22N2O2. The zero-order valence-electron chi connectivity index (χ0n) is 11.4. The monoisotopic (exact) mass is 262 g/mol. The Morgan fingerprint density at radius 1 is 1.37 bits per heavy atom. The third-order valence-corrected chi connectivity index (χ3v) is 3.67. The molecule has 2 N–H and O–H groups in total. The fourth-order valence-corrected chi connectivity index (χ4v) is 2.56. The van der Waals surface area contributed by atoms with E-state index in [1.807, 2.05) is 11.0 Å². The highest BCUT2D eigenvalue weighted by atomic mass is 16.3. The van der Waals surface area contributed by atoms with Gasteiger partial charge in [0.05, 0.1) is 6.42 Å². The van der Waals surface area contributed by atoms with E-state index in [1.54, 1.807) is 18.2 Å². The number of rotatable bonds is 4. The van der Waals surface area contributed by atoms with Crippen molar-refractivity contribution in [3.63, 3.8) is 0 Å². The van der Waals surface area contributed by atoms with Gasteiger partial charge in [-0.2, -0.15) is 0 Å². The number of benzene rings is 1. The highest BCUT2D eigenvalue weighted by Gasteiger charge is 2.22. The molecule has 0 saturated carbocycles. The van der Waals surface area contributed by atoms with Crippen LogP contribution in [-0.2, 0) is 11.2 Å². The van der Waals surface area contributed by atoms with Crippen molar-refractivity contribution in [2.24, 2.45) is 0 Å². The van der Waals surface area contributed by atoms with E-state index in [0.717, 1.165) is 32.5 Å². The van der Waals surface area contributed by atoms with Gasteiger partial charge in [-0.3, -0.25) is 4.79 Å². The van der Waals surface area contributed by atoms with Gasteiger partial charge in [0.2, 0.25) is 5.91 Å². The van der Waals surface area contributed by atoms with Crippen molar-refractivity contribution in [2.45, 2.75) is 32.2 Å². The fraction of sp³-hybridized carbons (Fsp3) is 0.533. The predicted molar refractivity (Wildman–Crippen MR) is 75.1 cm³/mol. The average Bonchev–Trinajstić information content (AvgIpc) is 2.42. The second-order valence-corrected chi connectivity index (χ2v) is 5.02. The summed E-state index contributed by atoms with van der Waals surface area (Å²) in [5, 5.41) is 13.1. The summed E-state index contributed by atoms with van der Waals surface area (Å²) in [6.45, 7) is 4.71. The van der Waals surface area contributed by atoms with Gasteiger partial charge < -0.3 is 15.3 Å². The van der Waals surface area contributed by atoms with Crippen molar-refractivity contribution in [1.82, 2.24) is 10.2 Å². The molecule has 19 heavy (non-hydrogen) atoms. The molecule has 1 fully saturated rings. The molecule has 1 aliphatic heterocycles. The molecule has 2 rings (SSSR count). The van der Waals surface area contributed by atoms with Crippen LogP contribution in [-0.4, -0.2) is 41.6 Å². The van der Waals surface area contributed by atoms with Gasteiger partial charge in [0.15, 0.2) is 0 Å². The molecule has 104 valence electrons. The molecule has 0 spiro atoms. The summed E-state index contributed by atoms with van der Waals surface area (Å²) in [5.41, 5.74) is 0.710. The van der Waals surface area contributed by atoms with Gasteiger partial charge in [0.1, 0.15) is 5.75 Å². The Morgan fingerprint density at radius 2 is 2.05 bits per heavy atom. The minimum absolute atomic E-state index is 0.108. The topological polar surface area (TPSA) is 52.6 Å². The smallest absolute Gasteiger partial charge is 0.227 e. The molecule has 0 aliphatic carbocycles. The van der Waals surface area contributed by atoms with Gasteiger partial charge in [-0.25, -0.2) is 0 Å². The Bertz CT molecular complexity index is 426. The van der Waals surface area contributed by atoms with Gasteiger partial charge >= 0.3 is 0 Å². The molecule has 1 aromatic rings. The number of amides is 1. The van der Waals surface area contributed by atoms with Crippen LogP contribution < -0.4 is 5.32 Å². The van der Waals surface area contributed by atoms with E-state index in [4.69, 9.17) is 0 Å². The predicted octanol–water partition coefficient (Wildman–Crippen LogP) is 1.54. The van der Waals surface area contributed by atoms with E-state index in [9.17, 15) is 9.90 Å². The number of aromatic hydroxyl groups is 1. The lowest BCUT2D eigenvalue weighted by Crippen LogP contribution is -2.45. The number of para-hydroxylation sites is 1. The quantitative estimate of drug-likeness (QED) is 0.865. The van der Waals surface area contributed by atoms with Crippen molar-refractivity contribution in [3.05, 3.63) is 29.8 Å². The lowest BCUT2D eigenvalue weighted by molar-refractivity contribution is -0.131. The number of carbonyl (C=O) groups is 1. The van der Waals surface area contributed by atoms with Crippen molar-refractivity contribution in [2.75, 3.05) is 19.6 Å². The highest BCUT2D eigenvalue weighted by molar-refractivity contribution is 5.79. The Hall–Kier alpha value is -1.55. The number of nitrogens with one attached hydrogen (secondary N) is 1. The second-order valence-electron chi connectivity index (χ2n) is 5.02. The molecule has 0 radical (unpaired) electrons. The summed E-state index contributed by atoms with van der Waals surface area (Å²) in [5.74, 6) is 0.315. The zero-order chi connectivity index (χ0) is 13.7. The maximum atomic E-state index is 12.2. The van der Waals surface area contributed by atoms with Crippen molar-refractivity contribution in [3.8, 4) is 5.75 Å². The lowest BCUT2D eigenvalue weighted by Gasteiger charge is -2.32. The normalized spacial score (nSPS) is 16.6. The van der Waals surface area contributed by atoms with Crippen LogP contribution in [0.15, 0.2) is 24.3 Å². The van der Waals surface area contributed by atoms with E-state index < -0.39 is 0 Å². The van der Waals surface area contributed by atoms with Gasteiger partial charge in [0, 0.05) is 24.7 Å². The molecule has 1 amide bonds. The van der Waals surface area contributed by atoms with Crippen LogP contribution in [0.1, 0.15) is 25.3 Å². The number of carbonyl (C=O) groups excluding carboxylic acids is 1. The zero-order valence-corrected chi connectivity index (χ0v) is 11.4. The molecule has 0 atom stereocenters. The van der Waals surface area contributed by atoms with Crippen LogP contribution in [0.4, 0.5) is 0 Å². The van der Waals surface area contributed by atoms with Gasteiger partial charge in [-0.1, -0.05) is 25.1 Å². The minimum Gasteiger partial charge on any atom is -0.508 e. The van der Waals surface area contributed by atoms with Crippen LogP contribution >= 0.6 is 0 Å². The summed E-state index contributed by atoms with van der Waals surface area (Å²) in [6, 6.07) is 7.59. The Balaban J connectivity index is 1.87. The Kier molecular flexibility index (Phi) is 4.80. The number of phenols is 1. The van der Waals surface area contributed by atoms with E-state index >= 15 is 0 Å². The van der Waals surface area contributed by atoms with E-state index in [0.29, 0.717) is 18.0 Å². The van der Waals surface area contributed by atoms with Crippen LogP contribution in [0.2, 0.25) is 0 Å². The van der Waals surface area contributed by atoms with Crippen LogP contribution in [0, 0.1) is 0 Å². The Labute approximate surface area is 114 Å². The molecule has 1 heterocycles. The van der Waals surface area contributed by atoms with Gasteiger partial charge in [-0.15, -0.1) is 0 Å². The molecular weight excluding hydrogens is 240 g/mol. The van der Waals surface area contributed by atoms with Crippen molar-refractivity contribution in [1.29, 1.82) is 0 Å². The number of phenolic OH excluding ortho intramolecular Hbond substituents is 1. The van der Waals surface area contributed by atoms with Crippen molar-refractivity contribution < 1.29 is 9.90 Å². The highest BCUT2D eigenvalue weighted by Crippen LogP contribution is 2.18. The number of hydrogen-bond acceptors (Lipinski definition) is 3. The number of nitrogens with zero attached hydrogens (tertiary/aromatic N) is 1. The average molecular weight is 262 g/mol. The van der Waals surface area contributed by atoms with Crippen LogP contribution in [0.3, 0.4) is 0 Å². The summed E-state index contributed by atoms with van der Waals surface area (Å²) in [6.07, 6.45) is 2.32. The summed E-state index contributed by atoms with van der Waals surface area (Å²) in [7, 11) is 0. The van der Waals surface area contributed by atoms with Gasteiger partial charge in [0.25, 0.3) is 0 Å². The lowest BCUT2D eigenvalue weighted by atomic mass is 10.0. The molecule has 4 nitrogen and oxygen atoms in total. The summed E-state index contributed by atoms with van der Waals surface area (Å²) < 4.78 is 0. The molecule has 1 aromatic carbocycles. The first-order chi connectivity index (χ1) is 9.20. The van der Waals surface area contributed by atoms with Crippen molar-refractivity contribution >= 4 is 5.91 Å². The molecule has 0 bridgehead atoms. The van der Waals surface area contributed by atoms with Gasteiger partial charge in [-0.05, 0) is 25.5 Å². The number of likely N-dealkylation sites (tertiary alicyclic amines) is 1. The maximum absolute atomic E-state index is 12.2. The van der Waals surface area contributed by atoms with E-state index in [2.05, 4.69) is 12.2 Å². The molecule has 1 aliphatic rings. The standard InChI is InChI=1S/C15H22N2O2/c1-2-16-13-7-9-17(10-8-13)15(19)11-12-5-3-4-6-14(12)18/h3-6,13,16,18H,2,7-11H2,1H3. The largest absolute Gasteiger partial charge is 0.508 e. The first-order valence-electron chi connectivity index (χ1n) is 6.98. The third-order valence-electron chi connectivity index (χ3n) is 3.67. The SMILES string of the molecule is CCNC1CCN(C(=O)Cc2ccccc2O)CC1. The number of piperidine rings is 1.